The minimum Gasteiger partial charge on any atom is -0.545 e. The van der Waals surface area contributed by atoms with Gasteiger partial charge < -0.3 is 19.6 Å². The quantitative estimate of drug-likeness (QED) is 0.517. The van der Waals surface area contributed by atoms with Gasteiger partial charge in [0.15, 0.2) is 0 Å². The second-order valence-corrected chi connectivity index (χ2v) is 6.62. The lowest BCUT2D eigenvalue weighted by atomic mass is 10.1. The molecule has 0 unspecified atom stereocenters. The van der Waals surface area contributed by atoms with Crippen LogP contribution < -0.4 is 16.0 Å². The Morgan fingerprint density at radius 2 is 1.80 bits per heavy atom. The minimum atomic E-state index is -1.33. The fourth-order valence-electron chi connectivity index (χ4n) is 3.22. The van der Waals surface area contributed by atoms with Gasteiger partial charge in [0.05, 0.1) is 23.9 Å². The van der Waals surface area contributed by atoms with Crippen molar-refractivity contribution in [3.8, 4) is 17.1 Å². The van der Waals surface area contributed by atoms with Crippen molar-refractivity contribution in [2.24, 2.45) is 7.05 Å². The SMILES string of the molecule is Cc1c(NCc2nnc(-c3ccccc3C(=O)[O-])o2)c(=O)n(-c2ccccc2)n1C. The standard InChI is InChI=1S/C21H19N5O4/c1-13-18(20(27)26(25(13)2)14-8-4-3-5-9-14)22-12-17-23-24-19(30-17)15-10-6-7-11-16(15)21(28)29/h3-11,22H,12H2,1-2H3,(H,28,29)/p-1. The number of aromatic nitrogens is 4. The van der Waals surface area contributed by atoms with Crippen LogP contribution in [0.15, 0.2) is 63.8 Å². The maximum Gasteiger partial charge on any atom is 0.295 e. The number of carboxylic acids is 1. The highest BCUT2D eigenvalue weighted by molar-refractivity contribution is 5.93. The maximum absolute atomic E-state index is 12.9. The Kier molecular flexibility index (Phi) is 4.93. The van der Waals surface area contributed by atoms with Crippen molar-refractivity contribution < 1.29 is 14.3 Å². The average molecular weight is 404 g/mol. The molecule has 1 N–H and O–H groups in total. The van der Waals surface area contributed by atoms with E-state index < -0.39 is 5.97 Å². The molecule has 0 aliphatic heterocycles. The Morgan fingerprint density at radius 3 is 2.53 bits per heavy atom. The fraction of sp³-hybridized carbons (Fsp3) is 0.143. The molecule has 0 atom stereocenters. The number of benzene rings is 2. The second-order valence-electron chi connectivity index (χ2n) is 6.62. The maximum atomic E-state index is 12.9. The van der Waals surface area contributed by atoms with Gasteiger partial charge in [-0.2, -0.15) is 0 Å². The highest BCUT2D eigenvalue weighted by atomic mass is 16.4. The van der Waals surface area contributed by atoms with Crippen molar-refractivity contribution in [3.63, 3.8) is 0 Å². The lowest BCUT2D eigenvalue weighted by Gasteiger charge is -2.07. The molecule has 2 aromatic carbocycles. The molecule has 0 aliphatic rings. The fourth-order valence-corrected chi connectivity index (χ4v) is 3.22. The van der Waals surface area contributed by atoms with Crippen molar-refractivity contribution in [1.29, 1.82) is 0 Å². The molecule has 0 saturated heterocycles. The highest BCUT2D eigenvalue weighted by Crippen LogP contribution is 2.22. The molecule has 0 aliphatic carbocycles. The summed E-state index contributed by atoms with van der Waals surface area (Å²) in [6.45, 7) is 1.94. The number of nitrogens with one attached hydrogen (secondary N) is 1. The molecule has 4 rings (SSSR count). The van der Waals surface area contributed by atoms with E-state index in [2.05, 4.69) is 15.5 Å². The van der Waals surface area contributed by atoms with E-state index in [-0.39, 0.29) is 35.0 Å². The monoisotopic (exact) mass is 404 g/mol. The van der Waals surface area contributed by atoms with Gasteiger partial charge in [0.25, 0.3) is 5.56 Å². The van der Waals surface area contributed by atoms with Gasteiger partial charge in [0.2, 0.25) is 11.8 Å². The number of hydrogen-bond acceptors (Lipinski definition) is 7. The Labute approximate surface area is 171 Å². The first-order valence-electron chi connectivity index (χ1n) is 9.18. The van der Waals surface area contributed by atoms with Gasteiger partial charge in [-0.25, -0.2) is 4.68 Å². The zero-order chi connectivity index (χ0) is 21.3. The first-order valence-corrected chi connectivity index (χ1v) is 9.18. The predicted octanol–water partition coefficient (Wildman–Crippen LogP) is 1.51. The number of carboxylic acid groups (broad SMARTS) is 1. The van der Waals surface area contributed by atoms with E-state index in [1.165, 1.54) is 6.07 Å². The largest absolute Gasteiger partial charge is 0.545 e. The minimum absolute atomic E-state index is 0.0367. The molecule has 152 valence electrons. The first kappa shape index (κ1) is 19.2. The molecule has 30 heavy (non-hydrogen) atoms. The molecule has 2 heterocycles. The normalized spacial score (nSPS) is 10.9. The third-order valence-corrected chi connectivity index (χ3v) is 4.81. The highest BCUT2D eigenvalue weighted by Gasteiger charge is 2.17. The molecule has 0 spiro atoms. The molecule has 2 aromatic heterocycles. The number of carbonyl (C=O) groups is 1. The zero-order valence-electron chi connectivity index (χ0n) is 16.3. The predicted molar refractivity (Wildman–Crippen MR) is 107 cm³/mol. The molecule has 4 aromatic rings. The van der Waals surface area contributed by atoms with Gasteiger partial charge in [-0.15, -0.1) is 10.2 Å². The molecule has 0 saturated carbocycles. The third-order valence-electron chi connectivity index (χ3n) is 4.81. The van der Waals surface area contributed by atoms with Gasteiger partial charge >= 0.3 is 0 Å². The Morgan fingerprint density at radius 1 is 1.10 bits per heavy atom. The van der Waals surface area contributed by atoms with Crippen LogP contribution in [0.2, 0.25) is 0 Å². The van der Waals surface area contributed by atoms with Crippen LogP contribution in [0.5, 0.6) is 0 Å². The Bertz CT molecular complexity index is 1270. The Balaban J connectivity index is 1.59. The summed E-state index contributed by atoms with van der Waals surface area (Å²) < 4.78 is 8.91. The molecule has 0 amide bonds. The van der Waals surface area contributed by atoms with E-state index in [1.54, 1.807) is 34.6 Å². The van der Waals surface area contributed by atoms with E-state index in [1.807, 2.05) is 37.3 Å². The molecule has 9 nitrogen and oxygen atoms in total. The van der Waals surface area contributed by atoms with Crippen LogP contribution in [-0.4, -0.2) is 25.5 Å². The summed E-state index contributed by atoms with van der Waals surface area (Å²) in [6.07, 6.45) is 0. The molecular weight excluding hydrogens is 386 g/mol. The number of anilines is 1. The summed E-state index contributed by atoms with van der Waals surface area (Å²) >= 11 is 0. The lowest BCUT2D eigenvalue weighted by Crippen LogP contribution is -2.22. The topological polar surface area (TPSA) is 118 Å². The van der Waals surface area contributed by atoms with Gasteiger partial charge in [0, 0.05) is 18.2 Å². The summed E-state index contributed by atoms with van der Waals surface area (Å²) in [5.41, 5.74) is 1.94. The average Bonchev–Trinajstić information content (AvgIpc) is 3.30. The summed E-state index contributed by atoms with van der Waals surface area (Å²) in [4.78, 5) is 24.2. The van der Waals surface area contributed by atoms with Crippen LogP contribution in [-0.2, 0) is 13.6 Å². The number of aromatic carboxylic acids is 1. The van der Waals surface area contributed by atoms with Crippen LogP contribution >= 0.6 is 0 Å². The van der Waals surface area contributed by atoms with Crippen molar-refractivity contribution >= 4 is 11.7 Å². The number of carbonyl (C=O) groups excluding carboxylic acids is 1. The molecule has 0 bridgehead atoms. The smallest absolute Gasteiger partial charge is 0.295 e. The number of para-hydroxylation sites is 1. The van der Waals surface area contributed by atoms with Crippen molar-refractivity contribution in [3.05, 3.63) is 82.1 Å². The van der Waals surface area contributed by atoms with Gasteiger partial charge in [-0.05, 0) is 25.1 Å². The summed E-state index contributed by atoms with van der Waals surface area (Å²) in [5, 5.41) is 22.2. The molecule has 0 radical (unpaired) electrons. The van der Waals surface area contributed by atoms with Crippen molar-refractivity contribution in [2.45, 2.75) is 13.5 Å². The summed E-state index contributed by atoms with van der Waals surface area (Å²) in [6, 6.07) is 15.5. The van der Waals surface area contributed by atoms with Gasteiger partial charge in [-0.3, -0.25) is 9.48 Å². The summed E-state index contributed by atoms with van der Waals surface area (Å²) in [7, 11) is 1.80. The summed E-state index contributed by atoms with van der Waals surface area (Å²) in [5.74, 6) is -1.05. The van der Waals surface area contributed by atoms with Crippen molar-refractivity contribution in [2.75, 3.05) is 5.32 Å². The molecular formula is C21H18N5O4-. The second kappa shape index (κ2) is 7.70. The molecule has 0 fully saturated rings. The van der Waals surface area contributed by atoms with E-state index in [9.17, 15) is 14.7 Å². The van der Waals surface area contributed by atoms with Crippen LogP contribution in [0.4, 0.5) is 5.69 Å². The zero-order valence-corrected chi connectivity index (χ0v) is 16.3. The third kappa shape index (κ3) is 3.37. The van der Waals surface area contributed by atoms with E-state index in [4.69, 9.17) is 4.42 Å². The van der Waals surface area contributed by atoms with E-state index >= 15 is 0 Å². The number of hydrogen-bond donors (Lipinski definition) is 1. The number of rotatable bonds is 6. The van der Waals surface area contributed by atoms with Crippen molar-refractivity contribution in [1.82, 2.24) is 19.6 Å². The lowest BCUT2D eigenvalue weighted by molar-refractivity contribution is -0.254. The van der Waals surface area contributed by atoms with Crippen LogP contribution in [0.3, 0.4) is 0 Å². The van der Waals surface area contributed by atoms with Crippen LogP contribution in [0.25, 0.3) is 17.1 Å². The van der Waals surface area contributed by atoms with Gasteiger partial charge in [0.1, 0.15) is 5.69 Å². The first-order chi connectivity index (χ1) is 14.5. The molecule has 9 heteroatoms. The number of nitrogens with zero attached hydrogens (tertiary/aromatic N) is 4. The van der Waals surface area contributed by atoms with Crippen LogP contribution in [0.1, 0.15) is 21.9 Å². The van der Waals surface area contributed by atoms with Gasteiger partial charge in [-0.1, -0.05) is 36.4 Å². The van der Waals surface area contributed by atoms with Crippen LogP contribution in [0, 0.1) is 6.92 Å². The van der Waals surface area contributed by atoms with E-state index in [0.717, 1.165) is 11.4 Å². The Hall–Kier alpha value is -4.14. The van der Waals surface area contributed by atoms with E-state index in [0.29, 0.717) is 5.69 Å².